The number of amides is 1. The van der Waals surface area contributed by atoms with Gasteiger partial charge in [0, 0.05) is 17.0 Å². The van der Waals surface area contributed by atoms with Crippen LogP contribution in [0.1, 0.15) is 37.6 Å². The number of anilines is 1. The highest BCUT2D eigenvalue weighted by Gasteiger charge is 2.13. The summed E-state index contributed by atoms with van der Waals surface area (Å²) < 4.78 is 0. The van der Waals surface area contributed by atoms with E-state index in [9.17, 15) is 4.79 Å². The van der Waals surface area contributed by atoms with Gasteiger partial charge in [-0.1, -0.05) is 39.0 Å². The predicted molar refractivity (Wildman–Crippen MR) is 86.4 cm³/mol. The van der Waals surface area contributed by atoms with Crippen molar-refractivity contribution in [1.29, 1.82) is 0 Å². The van der Waals surface area contributed by atoms with Crippen LogP contribution in [0.2, 0.25) is 0 Å². The molecule has 1 N–H and O–H groups in total. The minimum absolute atomic E-state index is 0.0712. The van der Waals surface area contributed by atoms with Gasteiger partial charge in [0.1, 0.15) is 0 Å². The van der Waals surface area contributed by atoms with Crippen molar-refractivity contribution in [1.82, 2.24) is 0 Å². The van der Waals surface area contributed by atoms with Crippen LogP contribution in [0.5, 0.6) is 0 Å². The largest absolute Gasteiger partial charge is 0.326 e. The third kappa shape index (κ3) is 4.20. The molecular weight excluding hydrogens is 266 g/mol. The van der Waals surface area contributed by atoms with E-state index >= 15 is 0 Å². The highest BCUT2D eigenvalue weighted by atomic mass is 32.1. The molecule has 1 amide bonds. The van der Waals surface area contributed by atoms with Crippen molar-refractivity contribution in [3.05, 3.63) is 52.2 Å². The van der Waals surface area contributed by atoms with E-state index in [0.717, 1.165) is 12.1 Å². The lowest BCUT2D eigenvalue weighted by Gasteiger charge is -2.19. The molecule has 3 heteroatoms. The van der Waals surface area contributed by atoms with E-state index in [1.165, 1.54) is 10.4 Å². The van der Waals surface area contributed by atoms with Crippen molar-refractivity contribution in [3.63, 3.8) is 0 Å². The first kappa shape index (κ1) is 14.8. The molecular formula is C17H21NOS. The normalized spacial score (nSPS) is 11.3. The monoisotopic (exact) mass is 287 g/mol. The number of hydrogen-bond donors (Lipinski definition) is 1. The van der Waals surface area contributed by atoms with Crippen molar-refractivity contribution >= 4 is 22.9 Å². The topological polar surface area (TPSA) is 29.1 Å². The second kappa shape index (κ2) is 6.23. The third-order valence-corrected chi connectivity index (χ3v) is 4.15. The highest BCUT2D eigenvalue weighted by molar-refractivity contribution is 7.09. The van der Waals surface area contributed by atoms with Gasteiger partial charge in [-0.15, -0.1) is 11.3 Å². The number of aryl methyl sites for hydroxylation is 1. The summed E-state index contributed by atoms with van der Waals surface area (Å²) in [6.45, 7) is 6.55. The Hall–Kier alpha value is -1.61. The van der Waals surface area contributed by atoms with Crippen LogP contribution in [0.3, 0.4) is 0 Å². The van der Waals surface area contributed by atoms with Gasteiger partial charge in [0.15, 0.2) is 0 Å². The lowest BCUT2D eigenvalue weighted by Crippen LogP contribution is -2.13. The summed E-state index contributed by atoms with van der Waals surface area (Å²) in [5.74, 6) is 0.0712. The Labute approximate surface area is 124 Å². The van der Waals surface area contributed by atoms with Gasteiger partial charge in [0.05, 0.1) is 0 Å². The van der Waals surface area contributed by atoms with E-state index in [4.69, 9.17) is 0 Å². The first-order valence-electron chi connectivity index (χ1n) is 6.88. The summed E-state index contributed by atoms with van der Waals surface area (Å²) in [6, 6.07) is 12.2. The van der Waals surface area contributed by atoms with Crippen LogP contribution in [0.15, 0.2) is 41.8 Å². The molecule has 0 aliphatic heterocycles. The summed E-state index contributed by atoms with van der Waals surface area (Å²) in [5, 5.41) is 4.99. The number of rotatable bonds is 4. The van der Waals surface area contributed by atoms with Gasteiger partial charge in [-0.25, -0.2) is 0 Å². The summed E-state index contributed by atoms with van der Waals surface area (Å²) in [6.07, 6.45) is 1.34. The molecule has 2 rings (SSSR count). The summed E-state index contributed by atoms with van der Waals surface area (Å²) in [4.78, 5) is 13.1. The lowest BCUT2D eigenvalue weighted by molar-refractivity contribution is -0.116. The maximum atomic E-state index is 11.9. The molecule has 106 valence electrons. The van der Waals surface area contributed by atoms with E-state index < -0.39 is 0 Å². The molecule has 0 bridgehead atoms. The van der Waals surface area contributed by atoms with Crippen LogP contribution in [0.4, 0.5) is 5.69 Å². The van der Waals surface area contributed by atoms with Gasteiger partial charge >= 0.3 is 0 Å². The van der Waals surface area contributed by atoms with Crippen LogP contribution in [-0.4, -0.2) is 5.91 Å². The Morgan fingerprint density at radius 2 is 1.85 bits per heavy atom. The zero-order chi connectivity index (χ0) is 14.6. The van der Waals surface area contributed by atoms with Crippen molar-refractivity contribution in [2.24, 2.45) is 0 Å². The van der Waals surface area contributed by atoms with Crippen molar-refractivity contribution in [2.75, 3.05) is 5.32 Å². The number of carbonyl (C=O) groups excluding carboxylic acids is 1. The fourth-order valence-electron chi connectivity index (χ4n) is 1.97. The van der Waals surface area contributed by atoms with E-state index in [0.29, 0.717) is 6.42 Å². The van der Waals surface area contributed by atoms with Crippen LogP contribution in [-0.2, 0) is 16.6 Å². The molecule has 20 heavy (non-hydrogen) atoms. The van der Waals surface area contributed by atoms with Gasteiger partial charge in [-0.3, -0.25) is 4.79 Å². The second-order valence-electron chi connectivity index (χ2n) is 5.95. The molecule has 2 aromatic rings. The zero-order valence-corrected chi connectivity index (χ0v) is 13.1. The number of hydrogen-bond acceptors (Lipinski definition) is 2. The molecule has 1 aromatic heterocycles. The molecule has 0 saturated heterocycles. The van der Waals surface area contributed by atoms with Crippen molar-refractivity contribution in [2.45, 2.75) is 39.0 Å². The molecule has 0 fully saturated rings. The van der Waals surface area contributed by atoms with E-state index in [1.807, 2.05) is 23.6 Å². The molecule has 1 aromatic carbocycles. The molecule has 2 nitrogen and oxygen atoms in total. The summed E-state index contributed by atoms with van der Waals surface area (Å²) in [5.41, 5.74) is 2.28. The maximum absolute atomic E-state index is 11.9. The molecule has 0 aliphatic rings. The fraction of sp³-hybridized carbons (Fsp3) is 0.353. The quantitative estimate of drug-likeness (QED) is 0.873. The predicted octanol–water partition coefficient (Wildman–Crippen LogP) is 4.62. The Kier molecular flexibility index (Phi) is 4.61. The Morgan fingerprint density at radius 1 is 1.15 bits per heavy atom. The standard InChI is InChI=1S/C17H21NOS/c1-17(2,3)13-6-8-14(9-7-13)18-16(19)11-10-15-5-4-12-20-15/h4-9,12H,10-11H2,1-3H3,(H,18,19). The molecule has 0 spiro atoms. The van der Waals surface area contributed by atoms with Crippen molar-refractivity contribution in [3.8, 4) is 0 Å². The first-order valence-corrected chi connectivity index (χ1v) is 7.76. The smallest absolute Gasteiger partial charge is 0.224 e. The van der Waals surface area contributed by atoms with Gasteiger partial charge in [0.2, 0.25) is 5.91 Å². The van der Waals surface area contributed by atoms with Gasteiger partial charge in [-0.05, 0) is 41.0 Å². The average molecular weight is 287 g/mol. The van der Waals surface area contributed by atoms with Crippen LogP contribution in [0, 0.1) is 0 Å². The number of thiophene rings is 1. The SMILES string of the molecule is CC(C)(C)c1ccc(NC(=O)CCc2cccs2)cc1. The van der Waals surface area contributed by atoms with Gasteiger partial charge < -0.3 is 5.32 Å². The van der Waals surface area contributed by atoms with Gasteiger partial charge in [-0.2, -0.15) is 0 Å². The number of benzene rings is 1. The average Bonchev–Trinajstić information content (AvgIpc) is 2.89. The molecule has 0 radical (unpaired) electrons. The summed E-state index contributed by atoms with van der Waals surface area (Å²) >= 11 is 1.70. The molecule has 0 atom stereocenters. The first-order chi connectivity index (χ1) is 9.45. The highest BCUT2D eigenvalue weighted by Crippen LogP contribution is 2.23. The molecule has 0 saturated carbocycles. The summed E-state index contributed by atoms with van der Waals surface area (Å²) in [7, 11) is 0. The van der Waals surface area contributed by atoms with Gasteiger partial charge in [0.25, 0.3) is 0 Å². The Bertz CT molecular complexity index is 550. The van der Waals surface area contributed by atoms with Crippen LogP contribution < -0.4 is 5.32 Å². The molecule has 0 aliphatic carbocycles. The lowest BCUT2D eigenvalue weighted by atomic mass is 9.87. The molecule has 0 unspecified atom stereocenters. The second-order valence-corrected chi connectivity index (χ2v) is 6.99. The molecule has 1 heterocycles. The van der Waals surface area contributed by atoms with Crippen molar-refractivity contribution < 1.29 is 4.79 Å². The minimum Gasteiger partial charge on any atom is -0.326 e. The maximum Gasteiger partial charge on any atom is 0.224 e. The number of carbonyl (C=O) groups is 1. The van der Waals surface area contributed by atoms with Crippen LogP contribution in [0.25, 0.3) is 0 Å². The minimum atomic E-state index is 0.0712. The zero-order valence-electron chi connectivity index (χ0n) is 12.3. The van der Waals surface area contributed by atoms with E-state index in [-0.39, 0.29) is 11.3 Å². The van der Waals surface area contributed by atoms with E-state index in [1.54, 1.807) is 11.3 Å². The van der Waals surface area contributed by atoms with Crippen LogP contribution >= 0.6 is 11.3 Å². The third-order valence-electron chi connectivity index (χ3n) is 3.21. The number of nitrogens with one attached hydrogen (secondary N) is 1. The Balaban J connectivity index is 1.88. The fourth-order valence-corrected chi connectivity index (χ4v) is 2.68. The van der Waals surface area contributed by atoms with E-state index in [2.05, 4.69) is 44.3 Å². The Morgan fingerprint density at radius 3 is 2.40 bits per heavy atom.